The summed E-state index contributed by atoms with van der Waals surface area (Å²) >= 11 is 0. The zero-order chi connectivity index (χ0) is 12.8. The van der Waals surface area contributed by atoms with Crippen molar-refractivity contribution in [2.45, 2.75) is 46.1 Å². The van der Waals surface area contributed by atoms with Crippen LogP contribution in [0.4, 0.5) is 0 Å². The molecule has 1 aromatic carbocycles. The third-order valence-corrected chi connectivity index (χ3v) is 3.16. The molecule has 1 rings (SSSR count). The molecule has 0 amide bonds. The monoisotopic (exact) mass is 236 g/mol. The molecule has 0 saturated heterocycles. The second-order valence-electron chi connectivity index (χ2n) is 4.89. The van der Waals surface area contributed by atoms with E-state index in [4.69, 9.17) is 4.74 Å². The number of benzene rings is 1. The van der Waals surface area contributed by atoms with Gasteiger partial charge in [0.2, 0.25) is 0 Å². The Labute approximate surface area is 105 Å². The molecule has 2 atom stereocenters. The molecule has 0 saturated carbocycles. The lowest BCUT2D eigenvalue weighted by Gasteiger charge is -2.18. The summed E-state index contributed by atoms with van der Waals surface area (Å²) in [4.78, 5) is 0. The van der Waals surface area contributed by atoms with E-state index in [9.17, 15) is 5.11 Å². The summed E-state index contributed by atoms with van der Waals surface area (Å²) in [5.41, 5.74) is 2.06. The van der Waals surface area contributed by atoms with Crippen LogP contribution >= 0.6 is 0 Å². The molecule has 2 unspecified atom stereocenters. The van der Waals surface area contributed by atoms with Crippen LogP contribution in [0.15, 0.2) is 18.2 Å². The van der Waals surface area contributed by atoms with Crippen LogP contribution in [-0.4, -0.2) is 12.2 Å². The van der Waals surface area contributed by atoms with Crippen molar-refractivity contribution < 1.29 is 9.84 Å². The van der Waals surface area contributed by atoms with Crippen LogP contribution in [0.25, 0.3) is 0 Å². The van der Waals surface area contributed by atoms with Crippen LogP contribution in [0.5, 0.6) is 5.75 Å². The number of aliphatic hydroxyl groups excluding tert-OH is 1. The van der Waals surface area contributed by atoms with Gasteiger partial charge in [0.25, 0.3) is 0 Å². The van der Waals surface area contributed by atoms with Crippen molar-refractivity contribution in [2.75, 3.05) is 7.11 Å². The van der Waals surface area contributed by atoms with Gasteiger partial charge in [-0.05, 0) is 30.9 Å². The summed E-state index contributed by atoms with van der Waals surface area (Å²) < 4.78 is 5.33. The Hall–Kier alpha value is -1.02. The van der Waals surface area contributed by atoms with E-state index in [0.717, 1.165) is 29.7 Å². The topological polar surface area (TPSA) is 29.5 Å². The summed E-state index contributed by atoms with van der Waals surface area (Å²) in [7, 11) is 1.65. The van der Waals surface area contributed by atoms with Crippen LogP contribution in [0.3, 0.4) is 0 Å². The molecule has 0 spiro atoms. The second-order valence-corrected chi connectivity index (χ2v) is 4.89. The molecule has 0 heterocycles. The molecule has 0 bridgehead atoms. The predicted molar refractivity (Wildman–Crippen MR) is 71.4 cm³/mol. The molecular formula is C15H24O2. The van der Waals surface area contributed by atoms with Gasteiger partial charge >= 0.3 is 0 Å². The molecule has 0 aliphatic carbocycles. The molecule has 2 nitrogen and oxygen atoms in total. The second kappa shape index (κ2) is 6.65. The van der Waals surface area contributed by atoms with Gasteiger partial charge in [-0.15, -0.1) is 0 Å². The van der Waals surface area contributed by atoms with E-state index >= 15 is 0 Å². The van der Waals surface area contributed by atoms with E-state index in [1.54, 1.807) is 7.11 Å². The Bertz CT molecular complexity index is 347. The number of hydrogen-bond acceptors (Lipinski definition) is 2. The summed E-state index contributed by atoms with van der Waals surface area (Å²) in [5.74, 6) is 1.34. The molecule has 0 aliphatic heterocycles. The molecule has 17 heavy (non-hydrogen) atoms. The minimum Gasteiger partial charge on any atom is -0.496 e. The van der Waals surface area contributed by atoms with E-state index in [0.29, 0.717) is 5.92 Å². The van der Waals surface area contributed by atoms with E-state index in [1.165, 1.54) is 6.42 Å². The van der Waals surface area contributed by atoms with Crippen LogP contribution in [0.1, 0.15) is 50.3 Å². The SMILES string of the molecule is CCCC(C)CC(O)c1ccc(C)cc1OC. The van der Waals surface area contributed by atoms with Gasteiger partial charge in [-0.1, -0.05) is 38.8 Å². The number of hydrogen-bond donors (Lipinski definition) is 1. The number of ether oxygens (including phenoxy) is 1. The minimum absolute atomic E-state index is 0.424. The van der Waals surface area contributed by atoms with Gasteiger partial charge in [-0.25, -0.2) is 0 Å². The van der Waals surface area contributed by atoms with Gasteiger partial charge < -0.3 is 9.84 Å². The molecule has 0 radical (unpaired) electrons. The van der Waals surface area contributed by atoms with Crippen LogP contribution in [-0.2, 0) is 0 Å². The van der Waals surface area contributed by atoms with Crippen molar-refractivity contribution in [3.63, 3.8) is 0 Å². The standard InChI is InChI=1S/C15H24O2/c1-5-6-11(2)9-14(16)13-8-7-12(3)10-15(13)17-4/h7-8,10-11,14,16H,5-6,9H2,1-4H3. The molecular weight excluding hydrogens is 212 g/mol. The molecule has 96 valence electrons. The maximum Gasteiger partial charge on any atom is 0.124 e. The van der Waals surface area contributed by atoms with Crippen molar-refractivity contribution in [2.24, 2.45) is 5.92 Å². The van der Waals surface area contributed by atoms with Crippen molar-refractivity contribution in [1.82, 2.24) is 0 Å². The van der Waals surface area contributed by atoms with Crippen LogP contribution < -0.4 is 4.74 Å². The largest absolute Gasteiger partial charge is 0.496 e. The van der Waals surface area contributed by atoms with E-state index in [-0.39, 0.29) is 0 Å². The number of methoxy groups -OCH3 is 1. The lowest BCUT2D eigenvalue weighted by Crippen LogP contribution is -2.06. The van der Waals surface area contributed by atoms with Crippen molar-refractivity contribution >= 4 is 0 Å². The summed E-state index contributed by atoms with van der Waals surface area (Å²) in [6.07, 6.45) is 2.70. The highest BCUT2D eigenvalue weighted by Gasteiger charge is 2.16. The lowest BCUT2D eigenvalue weighted by atomic mass is 9.94. The normalized spacial score (nSPS) is 14.4. The molecule has 0 fully saturated rings. The molecule has 0 aromatic heterocycles. The fraction of sp³-hybridized carbons (Fsp3) is 0.600. The molecule has 2 heteroatoms. The maximum atomic E-state index is 10.2. The fourth-order valence-corrected chi connectivity index (χ4v) is 2.21. The zero-order valence-corrected chi connectivity index (χ0v) is 11.4. The number of aliphatic hydroxyl groups is 1. The Morgan fingerprint density at radius 1 is 1.35 bits per heavy atom. The summed E-state index contributed by atoms with van der Waals surface area (Å²) in [6, 6.07) is 5.96. The van der Waals surface area contributed by atoms with Crippen LogP contribution in [0, 0.1) is 12.8 Å². The molecule has 1 aromatic rings. The van der Waals surface area contributed by atoms with Crippen molar-refractivity contribution in [3.8, 4) is 5.75 Å². The Balaban J connectivity index is 2.77. The summed E-state index contributed by atoms with van der Waals surface area (Å²) in [5, 5.41) is 10.2. The van der Waals surface area contributed by atoms with Gasteiger partial charge in [-0.2, -0.15) is 0 Å². The fourth-order valence-electron chi connectivity index (χ4n) is 2.21. The smallest absolute Gasteiger partial charge is 0.124 e. The van der Waals surface area contributed by atoms with Crippen molar-refractivity contribution in [3.05, 3.63) is 29.3 Å². The third-order valence-electron chi connectivity index (χ3n) is 3.16. The van der Waals surface area contributed by atoms with E-state index in [2.05, 4.69) is 13.8 Å². The Morgan fingerprint density at radius 3 is 2.65 bits per heavy atom. The van der Waals surface area contributed by atoms with Gasteiger partial charge in [-0.3, -0.25) is 0 Å². The first-order chi connectivity index (χ1) is 8.08. The average Bonchev–Trinajstić information content (AvgIpc) is 2.28. The van der Waals surface area contributed by atoms with Gasteiger partial charge in [0, 0.05) is 5.56 Å². The number of rotatable bonds is 6. The molecule has 0 aliphatic rings. The zero-order valence-electron chi connectivity index (χ0n) is 11.4. The lowest BCUT2D eigenvalue weighted by molar-refractivity contribution is 0.141. The van der Waals surface area contributed by atoms with Crippen LogP contribution in [0.2, 0.25) is 0 Å². The minimum atomic E-state index is -0.424. The van der Waals surface area contributed by atoms with Gasteiger partial charge in [0.15, 0.2) is 0 Å². The highest BCUT2D eigenvalue weighted by molar-refractivity contribution is 5.38. The first-order valence-electron chi connectivity index (χ1n) is 6.41. The van der Waals surface area contributed by atoms with E-state index < -0.39 is 6.10 Å². The first kappa shape index (κ1) is 14.0. The predicted octanol–water partition coefficient (Wildman–Crippen LogP) is 3.86. The highest BCUT2D eigenvalue weighted by Crippen LogP contribution is 2.31. The quantitative estimate of drug-likeness (QED) is 0.812. The average molecular weight is 236 g/mol. The summed E-state index contributed by atoms with van der Waals surface area (Å²) in [6.45, 7) is 6.39. The van der Waals surface area contributed by atoms with Crippen molar-refractivity contribution in [1.29, 1.82) is 0 Å². The Kier molecular flexibility index (Phi) is 5.49. The highest BCUT2D eigenvalue weighted by atomic mass is 16.5. The Morgan fingerprint density at radius 2 is 2.06 bits per heavy atom. The van der Waals surface area contributed by atoms with Gasteiger partial charge in [0.1, 0.15) is 5.75 Å². The molecule has 1 N–H and O–H groups in total. The third kappa shape index (κ3) is 4.04. The van der Waals surface area contributed by atoms with E-state index in [1.807, 2.05) is 25.1 Å². The maximum absolute atomic E-state index is 10.2. The van der Waals surface area contributed by atoms with Gasteiger partial charge in [0.05, 0.1) is 13.2 Å². The number of aryl methyl sites for hydroxylation is 1. The first-order valence-corrected chi connectivity index (χ1v) is 6.41.